The monoisotopic (exact) mass is 646 g/mol. The molecule has 0 aromatic heterocycles. The second kappa shape index (κ2) is 13.5. The Balaban J connectivity index is 1.68. The summed E-state index contributed by atoms with van der Waals surface area (Å²) in [5, 5.41) is 11.1. The number of piperazine rings is 1. The summed E-state index contributed by atoms with van der Waals surface area (Å²) >= 11 is 12.6. The number of hydrogen-bond acceptors (Lipinski definition) is 6. The fourth-order valence-electron chi connectivity index (χ4n) is 5.76. The maximum atomic E-state index is 14.7. The minimum absolute atomic E-state index is 0.143. The number of carbonyl (C=O) groups excluding carboxylic acids is 2. The summed E-state index contributed by atoms with van der Waals surface area (Å²) in [5.41, 5.74) is 7.76. The minimum atomic E-state index is -0.796. The molecule has 2 N–H and O–H groups in total. The van der Waals surface area contributed by atoms with Crippen molar-refractivity contribution < 1.29 is 14.3 Å². The number of carbonyl (C=O) groups is 2. The lowest BCUT2D eigenvalue weighted by molar-refractivity contribution is -0.119. The number of halogens is 2. The molecule has 1 fully saturated rings. The quantitative estimate of drug-likeness (QED) is 0.324. The van der Waals surface area contributed by atoms with Gasteiger partial charge in [0.1, 0.15) is 17.6 Å². The predicted molar refractivity (Wildman–Crippen MR) is 176 cm³/mol. The van der Waals surface area contributed by atoms with Crippen molar-refractivity contribution in [1.29, 1.82) is 5.26 Å². The van der Waals surface area contributed by atoms with E-state index >= 15 is 0 Å². The molecule has 0 spiro atoms. The first-order valence-electron chi connectivity index (χ1n) is 14.9. The third-order valence-corrected chi connectivity index (χ3v) is 8.74. The molecule has 2 aliphatic heterocycles. The van der Waals surface area contributed by atoms with E-state index in [4.69, 9.17) is 38.7 Å². The number of nitriles is 1. The lowest BCUT2D eigenvalue weighted by Gasteiger charge is -2.39. The molecule has 3 amide bonds. The molecule has 2 atom stereocenters. The van der Waals surface area contributed by atoms with Crippen LogP contribution in [-0.4, -0.2) is 71.8 Å². The van der Waals surface area contributed by atoms with E-state index in [0.29, 0.717) is 60.0 Å². The molecule has 0 radical (unpaired) electrons. The van der Waals surface area contributed by atoms with Crippen LogP contribution >= 0.6 is 23.2 Å². The second-order valence-corrected chi connectivity index (χ2v) is 12.6. The summed E-state index contributed by atoms with van der Waals surface area (Å²) in [7, 11) is 0. The van der Waals surface area contributed by atoms with Crippen LogP contribution in [0.4, 0.5) is 4.79 Å². The van der Waals surface area contributed by atoms with Crippen LogP contribution in [0.5, 0.6) is 5.75 Å². The van der Waals surface area contributed by atoms with E-state index < -0.39 is 23.4 Å². The first kappa shape index (κ1) is 32.3. The zero-order chi connectivity index (χ0) is 32.3. The van der Waals surface area contributed by atoms with Crippen LogP contribution in [-0.2, 0) is 10.2 Å². The second-order valence-electron chi connectivity index (χ2n) is 11.7. The van der Waals surface area contributed by atoms with Crippen molar-refractivity contribution in [3.8, 4) is 11.8 Å². The van der Waals surface area contributed by atoms with Crippen molar-refractivity contribution in [2.75, 3.05) is 39.3 Å². The van der Waals surface area contributed by atoms with Crippen molar-refractivity contribution >= 4 is 41.0 Å². The Kier molecular flexibility index (Phi) is 9.68. The number of primary amides is 1. The van der Waals surface area contributed by atoms with Gasteiger partial charge in [-0.1, -0.05) is 53.5 Å². The van der Waals surface area contributed by atoms with E-state index in [-0.39, 0.29) is 12.6 Å². The number of rotatable bonds is 8. The van der Waals surface area contributed by atoms with Crippen LogP contribution in [0.15, 0.2) is 71.7 Å². The molecule has 45 heavy (non-hydrogen) atoms. The van der Waals surface area contributed by atoms with Crippen molar-refractivity contribution in [2.45, 2.75) is 38.3 Å². The number of aliphatic imine (C=N–C) groups is 1. The molecule has 5 rings (SSSR count). The summed E-state index contributed by atoms with van der Waals surface area (Å²) < 4.78 is 6.09. The number of nitrogens with two attached hydrogens (primary N) is 1. The molecule has 0 saturated carbocycles. The highest BCUT2D eigenvalue weighted by molar-refractivity contribution is 6.30. The number of hydrogen-bond donors (Lipinski definition) is 1. The molecule has 11 heteroatoms. The first-order chi connectivity index (χ1) is 21.5. The SMILES string of the molecule is CCOc1ccc(C(C)(C)C#N)cc1C1=N[C@@H](c2ccc(Cl)cc2)[C@@H](c2ccc(Cl)cc2)N1C(=O)N1CCN(CC(N)=O)CC1. The number of nitrogens with zero attached hydrogens (tertiary/aromatic N) is 5. The van der Waals surface area contributed by atoms with Gasteiger partial charge < -0.3 is 15.4 Å². The van der Waals surface area contributed by atoms with E-state index in [9.17, 15) is 14.9 Å². The number of ether oxygens (including phenoxy) is 1. The van der Waals surface area contributed by atoms with E-state index in [1.807, 2.05) is 80.3 Å². The summed E-state index contributed by atoms with van der Waals surface area (Å²) in [6.45, 7) is 7.99. The number of benzene rings is 3. The molecule has 234 valence electrons. The maximum Gasteiger partial charge on any atom is 0.326 e. The fourth-order valence-corrected chi connectivity index (χ4v) is 6.02. The van der Waals surface area contributed by atoms with Gasteiger partial charge in [0.25, 0.3) is 0 Å². The van der Waals surface area contributed by atoms with Crippen LogP contribution in [0.2, 0.25) is 10.0 Å². The van der Waals surface area contributed by atoms with Crippen LogP contribution in [0.1, 0.15) is 55.1 Å². The minimum Gasteiger partial charge on any atom is -0.493 e. The Morgan fingerprint density at radius 3 is 2.13 bits per heavy atom. The molecule has 3 aromatic rings. The highest BCUT2D eigenvalue weighted by Crippen LogP contribution is 2.46. The Bertz CT molecular complexity index is 1630. The molecule has 3 aromatic carbocycles. The van der Waals surface area contributed by atoms with Crippen LogP contribution < -0.4 is 10.5 Å². The average Bonchev–Trinajstić information content (AvgIpc) is 3.42. The molecular weight excluding hydrogens is 611 g/mol. The van der Waals surface area contributed by atoms with Gasteiger partial charge in [-0.15, -0.1) is 0 Å². The number of urea groups is 1. The Morgan fingerprint density at radius 2 is 1.58 bits per heavy atom. The normalized spacial score (nSPS) is 18.8. The number of amides is 3. The summed E-state index contributed by atoms with van der Waals surface area (Å²) in [5.74, 6) is 0.601. The van der Waals surface area contributed by atoms with Gasteiger partial charge in [0, 0.05) is 36.2 Å². The molecule has 0 aliphatic carbocycles. The average molecular weight is 648 g/mol. The molecule has 0 unspecified atom stereocenters. The van der Waals surface area contributed by atoms with Gasteiger partial charge in [-0.05, 0) is 73.9 Å². The number of amidine groups is 1. The summed E-state index contributed by atoms with van der Waals surface area (Å²) in [6, 6.07) is 21.7. The van der Waals surface area contributed by atoms with Gasteiger partial charge in [0.05, 0.1) is 36.2 Å². The largest absolute Gasteiger partial charge is 0.493 e. The summed E-state index contributed by atoms with van der Waals surface area (Å²) in [4.78, 5) is 37.0. The van der Waals surface area contributed by atoms with Crippen LogP contribution in [0.3, 0.4) is 0 Å². The first-order valence-corrected chi connectivity index (χ1v) is 15.6. The lowest BCUT2D eigenvalue weighted by Crippen LogP contribution is -2.55. The van der Waals surface area contributed by atoms with E-state index in [2.05, 4.69) is 6.07 Å². The highest BCUT2D eigenvalue weighted by atomic mass is 35.5. The van der Waals surface area contributed by atoms with Gasteiger partial charge in [-0.2, -0.15) is 5.26 Å². The Labute approximate surface area is 273 Å². The van der Waals surface area contributed by atoms with Crippen molar-refractivity contribution in [3.63, 3.8) is 0 Å². The van der Waals surface area contributed by atoms with E-state index in [1.165, 1.54) is 0 Å². The van der Waals surface area contributed by atoms with Crippen LogP contribution in [0.25, 0.3) is 0 Å². The molecule has 9 nitrogen and oxygen atoms in total. The molecule has 1 saturated heterocycles. The third kappa shape index (κ3) is 6.94. The van der Waals surface area contributed by atoms with Crippen LogP contribution in [0, 0.1) is 11.3 Å². The maximum absolute atomic E-state index is 14.7. The predicted octanol–water partition coefficient (Wildman–Crippen LogP) is 5.96. The fraction of sp³-hybridized carbons (Fsp3) is 0.353. The Hall–Kier alpha value is -4.10. The standard InChI is InChI=1S/C34H36Cl2N6O3/c1-4-45-28-14-9-24(34(2,3)21-37)19-27(28)32-39-30(22-5-10-25(35)11-6-22)31(23-7-12-26(36)13-8-23)42(32)33(44)41-17-15-40(16-18-41)20-29(38)43/h5-14,19,30-31H,4,15-18,20H2,1-3H3,(H2,38,43)/t30-,31+/m0/s1. The van der Waals surface area contributed by atoms with Gasteiger partial charge in [-0.25, -0.2) is 4.79 Å². The summed E-state index contributed by atoms with van der Waals surface area (Å²) in [6.07, 6.45) is 0. The van der Waals surface area contributed by atoms with Crippen molar-refractivity contribution in [3.05, 3.63) is 99.0 Å². The van der Waals surface area contributed by atoms with Gasteiger partial charge in [0.15, 0.2) is 0 Å². The van der Waals surface area contributed by atoms with Gasteiger partial charge >= 0.3 is 6.03 Å². The zero-order valence-electron chi connectivity index (χ0n) is 25.5. The molecular formula is C34H36Cl2N6O3. The van der Waals surface area contributed by atoms with E-state index in [1.54, 1.807) is 21.9 Å². The molecule has 2 aliphatic rings. The smallest absolute Gasteiger partial charge is 0.326 e. The van der Waals surface area contributed by atoms with Gasteiger partial charge in [-0.3, -0.25) is 19.6 Å². The molecule has 0 bridgehead atoms. The topological polar surface area (TPSA) is 115 Å². The Morgan fingerprint density at radius 1 is 0.978 bits per heavy atom. The highest BCUT2D eigenvalue weighted by Gasteiger charge is 2.45. The lowest BCUT2D eigenvalue weighted by atomic mass is 9.85. The van der Waals surface area contributed by atoms with Crippen molar-refractivity contribution in [2.24, 2.45) is 10.7 Å². The van der Waals surface area contributed by atoms with E-state index in [0.717, 1.165) is 16.7 Å². The van der Waals surface area contributed by atoms with Gasteiger partial charge in [0.2, 0.25) is 5.91 Å². The van der Waals surface area contributed by atoms with Crippen molar-refractivity contribution in [1.82, 2.24) is 14.7 Å². The zero-order valence-corrected chi connectivity index (χ0v) is 27.1. The molecule has 2 heterocycles. The third-order valence-electron chi connectivity index (χ3n) is 8.24.